The van der Waals surface area contributed by atoms with Gasteiger partial charge in [0, 0.05) is 17.6 Å². The van der Waals surface area contributed by atoms with Gasteiger partial charge in [0.2, 0.25) is 5.91 Å². The Labute approximate surface area is 196 Å². The van der Waals surface area contributed by atoms with E-state index in [0.29, 0.717) is 45.5 Å². The van der Waals surface area contributed by atoms with Gasteiger partial charge in [0.15, 0.2) is 17.1 Å². The van der Waals surface area contributed by atoms with Crippen LogP contribution in [0.15, 0.2) is 47.6 Å². The van der Waals surface area contributed by atoms with Crippen LogP contribution in [-0.4, -0.2) is 40.6 Å². The lowest BCUT2D eigenvalue weighted by atomic mass is 10.2. The van der Waals surface area contributed by atoms with Crippen molar-refractivity contribution in [1.29, 1.82) is 0 Å². The number of methoxy groups -OCH3 is 2. The number of rotatable bonds is 10. The number of aromatic nitrogens is 3. The SMILES string of the molecule is CCn1c(SCC(=O)Nc2ccc(OC)cc2OC)nnc1C(C)Oc1cccc(Cl)c1. The van der Waals surface area contributed by atoms with E-state index in [4.69, 9.17) is 25.8 Å². The maximum Gasteiger partial charge on any atom is 0.234 e. The number of amides is 1. The Balaban J connectivity index is 1.64. The van der Waals surface area contributed by atoms with E-state index in [9.17, 15) is 4.79 Å². The third-order valence-corrected chi connectivity index (χ3v) is 5.75. The molecule has 2 aromatic carbocycles. The second kappa shape index (κ2) is 11.1. The Morgan fingerprint density at radius 1 is 1.16 bits per heavy atom. The summed E-state index contributed by atoms with van der Waals surface area (Å²) in [5, 5.41) is 12.6. The van der Waals surface area contributed by atoms with Crippen molar-refractivity contribution < 1.29 is 19.0 Å². The van der Waals surface area contributed by atoms with Crippen molar-refractivity contribution in [2.45, 2.75) is 31.7 Å². The number of hydrogen-bond acceptors (Lipinski definition) is 7. The highest BCUT2D eigenvalue weighted by Crippen LogP contribution is 2.30. The third kappa shape index (κ3) is 5.86. The predicted octanol–water partition coefficient (Wildman–Crippen LogP) is 4.84. The Morgan fingerprint density at radius 2 is 1.97 bits per heavy atom. The van der Waals surface area contributed by atoms with E-state index in [2.05, 4.69) is 15.5 Å². The van der Waals surface area contributed by atoms with E-state index in [-0.39, 0.29) is 17.8 Å². The molecule has 3 aromatic rings. The topological polar surface area (TPSA) is 87.5 Å². The minimum atomic E-state index is -0.340. The number of carbonyl (C=O) groups excluding carboxylic acids is 1. The van der Waals surface area contributed by atoms with Gasteiger partial charge in [-0.15, -0.1) is 10.2 Å². The Kier molecular flexibility index (Phi) is 8.24. The van der Waals surface area contributed by atoms with Crippen LogP contribution in [-0.2, 0) is 11.3 Å². The van der Waals surface area contributed by atoms with Crippen molar-refractivity contribution in [2.75, 3.05) is 25.3 Å². The summed E-state index contributed by atoms with van der Waals surface area (Å²) in [6.07, 6.45) is -0.340. The summed E-state index contributed by atoms with van der Waals surface area (Å²) in [5.41, 5.74) is 0.570. The molecule has 1 N–H and O–H groups in total. The molecule has 0 saturated heterocycles. The van der Waals surface area contributed by atoms with Crippen LogP contribution < -0.4 is 19.5 Å². The number of halogens is 1. The molecule has 0 spiro atoms. The maximum atomic E-state index is 12.5. The predicted molar refractivity (Wildman–Crippen MR) is 125 cm³/mol. The van der Waals surface area contributed by atoms with Crippen LogP contribution in [0.2, 0.25) is 5.02 Å². The fraction of sp³-hybridized carbons (Fsp3) is 0.318. The number of ether oxygens (including phenoxy) is 3. The van der Waals surface area contributed by atoms with Gasteiger partial charge in [-0.05, 0) is 44.2 Å². The van der Waals surface area contributed by atoms with E-state index in [1.165, 1.54) is 18.9 Å². The van der Waals surface area contributed by atoms with Crippen molar-refractivity contribution in [3.63, 3.8) is 0 Å². The highest BCUT2D eigenvalue weighted by molar-refractivity contribution is 7.99. The smallest absolute Gasteiger partial charge is 0.234 e. The van der Waals surface area contributed by atoms with Crippen molar-refractivity contribution in [3.05, 3.63) is 53.3 Å². The molecule has 1 unspecified atom stereocenters. The molecule has 0 fully saturated rings. The zero-order chi connectivity index (χ0) is 23.1. The molecule has 1 atom stereocenters. The third-order valence-electron chi connectivity index (χ3n) is 4.55. The number of thioether (sulfide) groups is 1. The molecular weight excluding hydrogens is 452 g/mol. The normalized spacial score (nSPS) is 11.7. The standard InChI is InChI=1S/C22H25ClN4O4S/c1-5-27-21(14(2)31-17-8-6-7-15(23)11-17)25-26-22(27)32-13-20(28)24-18-10-9-16(29-3)12-19(18)30-4/h6-12,14H,5,13H2,1-4H3,(H,24,28). The lowest BCUT2D eigenvalue weighted by Crippen LogP contribution is -2.16. The summed E-state index contributed by atoms with van der Waals surface area (Å²) in [7, 11) is 3.11. The Morgan fingerprint density at radius 3 is 2.66 bits per heavy atom. The number of nitrogens with one attached hydrogen (secondary N) is 1. The molecule has 0 radical (unpaired) electrons. The Hall–Kier alpha value is -2.91. The lowest BCUT2D eigenvalue weighted by Gasteiger charge is -2.15. The molecule has 32 heavy (non-hydrogen) atoms. The van der Waals surface area contributed by atoms with Gasteiger partial charge in [0.1, 0.15) is 17.2 Å². The number of benzene rings is 2. The molecular formula is C22H25ClN4O4S. The van der Waals surface area contributed by atoms with Crippen molar-refractivity contribution >= 4 is 35.0 Å². The molecule has 1 aromatic heterocycles. The fourth-order valence-corrected chi connectivity index (χ4v) is 4.01. The minimum absolute atomic E-state index is 0.164. The van der Waals surface area contributed by atoms with Gasteiger partial charge in [-0.1, -0.05) is 29.4 Å². The first-order chi connectivity index (χ1) is 15.4. The molecule has 10 heteroatoms. The van der Waals surface area contributed by atoms with Crippen LogP contribution in [0, 0.1) is 0 Å². The number of nitrogens with zero attached hydrogens (tertiary/aromatic N) is 3. The first-order valence-corrected chi connectivity index (χ1v) is 11.3. The summed E-state index contributed by atoms with van der Waals surface area (Å²) < 4.78 is 18.4. The first kappa shape index (κ1) is 23.7. The number of anilines is 1. The first-order valence-electron chi connectivity index (χ1n) is 9.95. The van der Waals surface area contributed by atoms with Crippen LogP contribution in [0.3, 0.4) is 0 Å². The van der Waals surface area contributed by atoms with Crippen molar-refractivity contribution in [3.8, 4) is 17.2 Å². The highest BCUT2D eigenvalue weighted by Gasteiger charge is 2.20. The number of hydrogen-bond donors (Lipinski definition) is 1. The van der Waals surface area contributed by atoms with Crippen LogP contribution in [0.1, 0.15) is 25.8 Å². The van der Waals surface area contributed by atoms with Crippen LogP contribution in [0.5, 0.6) is 17.2 Å². The summed E-state index contributed by atoms with van der Waals surface area (Å²) in [6, 6.07) is 12.4. The second-order valence-corrected chi connectivity index (χ2v) is 8.08. The van der Waals surface area contributed by atoms with Gasteiger partial charge in [0.05, 0.1) is 25.7 Å². The maximum absolute atomic E-state index is 12.5. The van der Waals surface area contributed by atoms with Gasteiger partial charge in [-0.25, -0.2) is 0 Å². The summed E-state index contributed by atoms with van der Waals surface area (Å²) in [5.74, 6) is 2.47. The van der Waals surface area contributed by atoms with E-state index >= 15 is 0 Å². The van der Waals surface area contributed by atoms with E-state index in [1.54, 1.807) is 37.4 Å². The van der Waals surface area contributed by atoms with Gasteiger partial charge < -0.3 is 24.1 Å². The average Bonchev–Trinajstić information content (AvgIpc) is 3.21. The van der Waals surface area contributed by atoms with E-state index in [0.717, 1.165) is 0 Å². The Bertz CT molecular complexity index is 1080. The van der Waals surface area contributed by atoms with Crippen molar-refractivity contribution in [1.82, 2.24) is 14.8 Å². The zero-order valence-electron chi connectivity index (χ0n) is 18.3. The molecule has 0 aliphatic carbocycles. The van der Waals surface area contributed by atoms with Crippen molar-refractivity contribution in [2.24, 2.45) is 0 Å². The van der Waals surface area contributed by atoms with Gasteiger partial charge in [0.25, 0.3) is 0 Å². The second-order valence-electron chi connectivity index (χ2n) is 6.71. The summed E-state index contributed by atoms with van der Waals surface area (Å²) >= 11 is 7.33. The molecule has 170 valence electrons. The molecule has 0 aliphatic heterocycles. The molecule has 0 saturated carbocycles. The largest absolute Gasteiger partial charge is 0.497 e. The van der Waals surface area contributed by atoms with Gasteiger partial charge in [-0.2, -0.15) is 0 Å². The molecule has 1 heterocycles. The summed E-state index contributed by atoms with van der Waals surface area (Å²) in [4.78, 5) is 12.5. The molecule has 1 amide bonds. The summed E-state index contributed by atoms with van der Waals surface area (Å²) in [6.45, 7) is 4.53. The quantitative estimate of drug-likeness (QED) is 0.419. The lowest BCUT2D eigenvalue weighted by molar-refractivity contribution is -0.113. The van der Waals surface area contributed by atoms with Gasteiger partial charge >= 0.3 is 0 Å². The molecule has 0 aliphatic rings. The van der Waals surface area contributed by atoms with E-state index in [1.807, 2.05) is 30.5 Å². The van der Waals surface area contributed by atoms with Gasteiger partial charge in [-0.3, -0.25) is 4.79 Å². The molecule has 0 bridgehead atoms. The minimum Gasteiger partial charge on any atom is -0.497 e. The van der Waals surface area contributed by atoms with Crippen LogP contribution in [0.4, 0.5) is 5.69 Å². The monoisotopic (exact) mass is 476 g/mol. The highest BCUT2D eigenvalue weighted by atomic mass is 35.5. The molecule has 8 nitrogen and oxygen atoms in total. The molecule has 3 rings (SSSR count). The van der Waals surface area contributed by atoms with E-state index < -0.39 is 0 Å². The zero-order valence-corrected chi connectivity index (χ0v) is 19.9. The fourth-order valence-electron chi connectivity index (χ4n) is 3.02. The average molecular weight is 477 g/mol. The number of carbonyl (C=O) groups is 1. The van der Waals surface area contributed by atoms with Crippen LogP contribution >= 0.6 is 23.4 Å². The van der Waals surface area contributed by atoms with Crippen LogP contribution in [0.25, 0.3) is 0 Å².